The van der Waals surface area contributed by atoms with Crippen LogP contribution in [0.5, 0.6) is 0 Å². The number of sulfonamides is 1. The minimum absolute atomic E-state index is 0.0716. The van der Waals surface area contributed by atoms with Crippen LogP contribution in [0.4, 0.5) is 0 Å². The molecule has 21 heavy (non-hydrogen) atoms. The third-order valence-electron chi connectivity index (χ3n) is 3.09. The van der Waals surface area contributed by atoms with Crippen molar-refractivity contribution in [2.24, 2.45) is 5.73 Å². The Bertz CT molecular complexity index is 743. The second kappa shape index (κ2) is 6.34. The van der Waals surface area contributed by atoms with Gasteiger partial charge in [-0.3, -0.25) is 0 Å². The van der Waals surface area contributed by atoms with Crippen LogP contribution in [-0.2, 0) is 16.6 Å². The molecular formula is C15H16N2O2S2. The van der Waals surface area contributed by atoms with Crippen molar-refractivity contribution in [3.05, 3.63) is 65.7 Å². The predicted molar refractivity (Wildman–Crippen MR) is 87.4 cm³/mol. The second-order valence-corrected chi connectivity index (χ2v) is 7.06. The van der Waals surface area contributed by atoms with Crippen LogP contribution in [0.1, 0.15) is 11.1 Å². The molecule has 110 valence electrons. The Balaban J connectivity index is 2.36. The van der Waals surface area contributed by atoms with Gasteiger partial charge in [0.05, 0.1) is 4.90 Å². The van der Waals surface area contributed by atoms with E-state index in [1.807, 2.05) is 30.3 Å². The lowest BCUT2D eigenvalue weighted by molar-refractivity contribution is 0.466. The molecular weight excluding hydrogens is 304 g/mol. The van der Waals surface area contributed by atoms with Crippen LogP contribution >= 0.6 is 12.2 Å². The summed E-state index contributed by atoms with van der Waals surface area (Å²) in [5.41, 5.74) is 6.89. The summed E-state index contributed by atoms with van der Waals surface area (Å²) in [7, 11) is -2.11. The van der Waals surface area contributed by atoms with Gasteiger partial charge in [0.2, 0.25) is 10.0 Å². The van der Waals surface area contributed by atoms with Gasteiger partial charge in [0.1, 0.15) is 4.99 Å². The molecule has 0 amide bonds. The van der Waals surface area contributed by atoms with Crippen molar-refractivity contribution >= 4 is 27.2 Å². The fourth-order valence-corrected chi connectivity index (χ4v) is 3.59. The maximum atomic E-state index is 12.7. The molecule has 4 nitrogen and oxygen atoms in total. The van der Waals surface area contributed by atoms with Gasteiger partial charge in [-0.1, -0.05) is 60.7 Å². The molecule has 0 aromatic heterocycles. The summed E-state index contributed by atoms with van der Waals surface area (Å²) < 4.78 is 26.6. The molecule has 0 aliphatic heterocycles. The van der Waals surface area contributed by atoms with Crippen LogP contribution in [0, 0.1) is 0 Å². The molecule has 0 fully saturated rings. The number of nitrogens with two attached hydrogens (primary N) is 1. The van der Waals surface area contributed by atoms with Crippen molar-refractivity contribution in [1.29, 1.82) is 0 Å². The Labute approximate surface area is 130 Å². The number of nitrogens with zero attached hydrogens (tertiary/aromatic N) is 1. The lowest BCUT2D eigenvalue weighted by Crippen LogP contribution is -2.28. The van der Waals surface area contributed by atoms with Gasteiger partial charge in [-0.2, -0.15) is 4.31 Å². The molecule has 0 bridgehead atoms. The maximum absolute atomic E-state index is 12.7. The van der Waals surface area contributed by atoms with E-state index in [-0.39, 0.29) is 16.4 Å². The number of rotatable bonds is 5. The lowest BCUT2D eigenvalue weighted by Gasteiger charge is -2.19. The molecule has 0 unspecified atom stereocenters. The first kappa shape index (κ1) is 15.6. The first-order valence-electron chi connectivity index (χ1n) is 6.32. The molecule has 2 aromatic rings. The number of hydrogen-bond donors (Lipinski definition) is 1. The van der Waals surface area contributed by atoms with Crippen molar-refractivity contribution in [3.63, 3.8) is 0 Å². The average molecular weight is 320 g/mol. The smallest absolute Gasteiger partial charge is 0.243 e. The van der Waals surface area contributed by atoms with E-state index in [2.05, 4.69) is 0 Å². The van der Waals surface area contributed by atoms with Crippen LogP contribution in [0.15, 0.2) is 59.5 Å². The van der Waals surface area contributed by atoms with Crippen molar-refractivity contribution in [2.45, 2.75) is 11.4 Å². The van der Waals surface area contributed by atoms with Gasteiger partial charge in [0.25, 0.3) is 0 Å². The first-order chi connectivity index (χ1) is 9.93. The summed E-state index contributed by atoms with van der Waals surface area (Å²) in [6.45, 7) is 0.287. The van der Waals surface area contributed by atoms with Crippen molar-refractivity contribution < 1.29 is 8.42 Å². The van der Waals surface area contributed by atoms with Gasteiger partial charge in [-0.25, -0.2) is 8.42 Å². The zero-order chi connectivity index (χ0) is 15.5. The number of benzene rings is 2. The van der Waals surface area contributed by atoms with E-state index in [1.54, 1.807) is 25.2 Å². The summed E-state index contributed by atoms with van der Waals surface area (Å²) in [4.78, 5) is 0.207. The van der Waals surface area contributed by atoms with Gasteiger partial charge in [0.15, 0.2) is 0 Å². The van der Waals surface area contributed by atoms with Gasteiger partial charge >= 0.3 is 0 Å². The minimum Gasteiger partial charge on any atom is -0.389 e. The Morgan fingerprint density at radius 3 is 2.29 bits per heavy atom. The van der Waals surface area contributed by atoms with E-state index in [0.717, 1.165) is 5.56 Å². The third-order valence-corrected chi connectivity index (χ3v) is 5.17. The van der Waals surface area contributed by atoms with E-state index in [1.165, 1.54) is 10.4 Å². The Morgan fingerprint density at radius 1 is 1.10 bits per heavy atom. The minimum atomic E-state index is -3.65. The SMILES string of the molecule is CN(Cc1ccccc1)S(=O)(=O)c1ccccc1C(N)=S. The standard InChI is InChI=1S/C15H16N2O2S2/c1-17(11-12-7-3-2-4-8-12)21(18,19)14-10-6-5-9-13(14)15(16)20/h2-10H,11H2,1H3,(H2,16,20). The van der Waals surface area contributed by atoms with Crippen molar-refractivity contribution in [1.82, 2.24) is 4.31 Å². The number of thiocarbonyl (C=S) groups is 1. The Hall–Kier alpha value is -1.76. The van der Waals surface area contributed by atoms with Crippen LogP contribution in [0.2, 0.25) is 0 Å². The Morgan fingerprint density at radius 2 is 1.67 bits per heavy atom. The molecule has 0 aliphatic rings. The predicted octanol–water partition coefficient (Wildman–Crippen LogP) is 2.14. The summed E-state index contributed by atoms with van der Waals surface area (Å²) in [6, 6.07) is 15.9. The van der Waals surface area contributed by atoms with Crippen molar-refractivity contribution in [3.8, 4) is 0 Å². The van der Waals surface area contributed by atoms with E-state index in [9.17, 15) is 8.42 Å². The van der Waals surface area contributed by atoms with Crippen LogP contribution in [0.25, 0.3) is 0 Å². The molecule has 0 atom stereocenters. The Kier molecular flexibility index (Phi) is 4.72. The zero-order valence-corrected chi connectivity index (χ0v) is 13.2. The molecule has 2 N–H and O–H groups in total. The van der Waals surface area contributed by atoms with E-state index >= 15 is 0 Å². The maximum Gasteiger partial charge on any atom is 0.243 e. The normalized spacial score (nSPS) is 11.5. The van der Waals surface area contributed by atoms with Gasteiger partial charge < -0.3 is 5.73 Å². The van der Waals surface area contributed by atoms with Crippen LogP contribution < -0.4 is 5.73 Å². The highest BCUT2D eigenvalue weighted by atomic mass is 32.2. The fraction of sp³-hybridized carbons (Fsp3) is 0.133. The summed E-state index contributed by atoms with van der Waals surface area (Å²) in [6.07, 6.45) is 0. The van der Waals surface area contributed by atoms with Crippen molar-refractivity contribution in [2.75, 3.05) is 7.05 Å². The molecule has 0 aliphatic carbocycles. The quantitative estimate of drug-likeness (QED) is 0.857. The summed E-state index contributed by atoms with van der Waals surface area (Å²) in [5, 5.41) is 0. The molecule has 0 radical (unpaired) electrons. The molecule has 6 heteroatoms. The van der Waals surface area contributed by atoms with Gasteiger partial charge in [0, 0.05) is 19.2 Å². The van der Waals surface area contributed by atoms with Gasteiger partial charge in [-0.15, -0.1) is 0 Å². The highest BCUT2D eigenvalue weighted by Crippen LogP contribution is 2.20. The highest BCUT2D eigenvalue weighted by Gasteiger charge is 2.24. The lowest BCUT2D eigenvalue weighted by atomic mass is 10.2. The average Bonchev–Trinajstić information content (AvgIpc) is 2.48. The number of hydrogen-bond acceptors (Lipinski definition) is 3. The molecule has 2 rings (SSSR count). The van der Waals surface area contributed by atoms with Crippen LogP contribution in [0.3, 0.4) is 0 Å². The summed E-state index contributed by atoms with van der Waals surface area (Å²) in [5.74, 6) is 0. The largest absolute Gasteiger partial charge is 0.389 e. The fourth-order valence-electron chi connectivity index (χ4n) is 1.99. The van der Waals surface area contributed by atoms with Gasteiger partial charge in [-0.05, 0) is 11.6 Å². The molecule has 0 saturated heterocycles. The van der Waals surface area contributed by atoms with E-state index < -0.39 is 10.0 Å². The highest BCUT2D eigenvalue weighted by molar-refractivity contribution is 7.89. The summed E-state index contributed by atoms with van der Waals surface area (Å²) >= 11 is 4.93. The second-order valence-electron chi connectivity index (χ2n) is 4.61. The van der Waals surface area contributed by atoms with Crippen LogP contribution in [-0.4, -0.2) is 24.8 Å². The molecule has 2 aromatic carbocycles. The zero-order valence-electron chi connectivity index (χ0n) is 11.6. The monoisotopic (exact) mass is 320 g/mol. The molecule has 0 heterocycles. The third kappa shape index (κ3) is 3.47. The topological polar surface area (TPSA) is 63.4 Å². The molecule has 0 saturated carbocycles. The van der Waals surface area contributed by atoms with E-state index in [4.69, 9.17) is 18.0 Å². The first-order valence-corrected chi connectivity index (χ1v) is 8.17. The molecule has 0 spiro atoms. The van der Waals surface area contributed by atoms with E-state index in [0.29, 0.717) is 5.56 Å².